The van der Waals surface area contributed by atoms with Crippen molar-refractivity contribution in [3.63, 3.8) is 0 Å². The van der Waals surface area contributed by atoms with Crippen LogP contribution in [0.25, 0.3) is 0 Å². The van der Waals surface area contributed by atoms with Crippen LogP contribution in [0.3, 0.4) is 0 Å². The topological polar surface area (TPSA) is 98.1 Å². The molecular formula is C14H23N5O. The molecule has 0 aliphatic carbocycles. The van der Waals surface area contributed by atoms with Crippen LogP contribution in [-0.2, 0) is 11.2 Å². The van der Waals surface area contributed by atoms with E-state index in [9.17, 15) is 4.79 Å². The van der Waals surface area contributed by atoms with Gasteiger partial charge in [-0.1, -0.05) is 13.3 Å². The molecule has 6 nitrogen and oxygen atoms in total. The minimum Gasteiger partial charge on any atom is -0.383 e. The third-order valence-electron chi connectivity index (χ3n) is 3.86. The van der Waals surface area contributed by atoms with Crippen LogP contribution in [-0.4, -0.2) is 29.0 Å². The summed E-state index contributed by atoms with van der Waals surface area (Å²) in [7, 11) is 0. The predicted molar refractivity (Wildman–Crippen MR) is 79.2 cm³/mol. The number of rotatable bonds is 5. The number of primary amides is 1. The van der Waals surface area contributed by atoms with Crippen molar-refractivity contribution in [3.8, 4) is 0 Å². The smallest absolute Gasteiger partial charge is 0.217 e. The Labute approximate surface area is 119 Å². The molecule has 1 aliphatic heterocycles. The van der Waals surface area contributed by atoms with Crippen LogP contribution in [0.5, 0.6) is 0 Å². The highest BCUT2D eigenvalue weighted by molar-refractivity contribution is 5.74. The fourth-order valence-electron chi connectivity index (χ4n) is 2.81. The van der Waals surface area contributed by atoms with Crippen molar-refractivity contribution in [1.82, 2.24) is 9.97 Å². The summed E-state index contributed by atoms with van der Waals surface area (Å²) in [6, 6.07) is 0. The van der Waals surface area contributed by atoms with Crippen LogP contribution in [0.15, 0.2) is 6.33 Å². The molecule has 0 radical (unpaired) electrons. The first kappa shape index (κ1) is 14.6. The monoisotopic (exact) mass is 277 g/mol. The molecule has 4 N–H and O–H groups in total. The summed E-state index contributed by atoms with van der Waals surface area (Å²) in [6.07, 6.45) is 5.86. The second-order valence-electron chi connectivity index (χ2n) is 5.41. The Bertz CT molecular complexity index is 469. The maximum atomic E-state index is 11.0. The van der Waals surface area contributed by atoms with Crippen molar-refractivity contribution in [2.24, 2.45) is 11.7 Å². The summed E-state index contributed by atoms with van der Waals surface area (Å²) < 4.78 is 0. The van der Waals surface area contributed by atoms with E-state index in [1.54, 1.807) is 0 Å². The average molecular weight is 277 g/mol. The van der Waals surface area contributed by atoms with Gasteiger partial charge >= 0.3 is 0 Å². The second-order valence-corrected chi connectivity index (χ2v) is 5.41. The number of carbonyl (C=O) groups excluding carboxylic acids is 1. The highest BCUT2D eigenvalue weighted by Gasteiger charge is 2.23. The van der Waals surface area contributed by atoms with Crippen molar-refractivity contribution in [2.45, 2.75) is 39.0 Å². The summed E-state index contributed by atoms with van der Waals surface area (Å²) in [5.74, 6) is 1.73. The van der Waals surface area contributed by atoms with E-state index in [2.05, 4.69) is 21.8 Å². The number of amides is 1. The molecule has 1 amide bonds. The molecule has 0 aromatic carbocycles. The lowest BCUT2D eigenvalue weighted by atomic mass is 9.93. The van der Waals surface area contributed by atoms with Gasteiger partial charge in [0.05, 0.1) is 0 Å². The molecule has 20 heavy (non-hydrogen) atoms. The summed E-state index contributed by atoms with van der Waals surface area (Å²) >= 11 is 0. The molecule has 0 bridgehead atoms. The van der Waals surface area contributed by atoms with E-state index >= 15 is 0 Å². The van der Waals surface area contributed by atoms with Crippen LogP contribution < -0.4 is 16.4 Å². The van der Waals surface area contributed by atoms with Gasteiger partial charge in [0.15, 0.2) is 0 Å². The highest BCUT2D eigenvalue weighted by Crippen LogP contribution is 2.28. The zero-order valence-corrected chi connectivity index (χ0v) is 12.0. The van der Waals surface area contributed by atoms with E-state index in [1.165, 1.54) is 6.33 Å². The number of hydrogen-bond acceptors (Lipinski definition) is 5. The van der Waals surface area contributed by atoms with Crippen molar-refractivity contribution in [2.75, 3.05) is 23.7 Å². The average Bonchev–Trinajstić information content (AvgIpc) is 2.42. The van der Waals surface area contributed by atoms with Gasteiger partial charge in [-0.15, -0.1) is 0 Å². The van der Waals surface area contributed by atoms with Crippen molar-refractivity contribution < 1.29 is 4.79 Å². The summed E-state index contributed by atoms with van der Waals surface area (Å²) in [6.45, 7) is 3.91. The SMILES string of the molecule is CCCc1c(N)ncnc1N1CCC(CC(N)=O)CC1. The number of carbonyl (C=O) groups is 1. The van der Waals surface area contributed by atoms with Gasteiger partial charge in [-0.2, -0.15) is 0 Å². The third-order valence-corrected chi connectivity index (χ3v) is 3.86. The maximum Gasteiger partial charge on any atom is 0.217 e. The molecule has 2 rings (SSSR count). The van der Waals surface area contributed by atoms with Crippen LogP contribution in [0.1, 0.15) is 38.2 Å². The van der Waals surface area contributed by atoms with E-state index in [0.717, 1.165) is 50.2 Å². The number of anilines is 2. The van der Waals surface area contributed by atoms with E-state index < -0.39 is 0 Å². The number of hydrogen-bond donors (Lipinski definition) is 2. The number of piperidine rings is 1. The molecule has 0 spiro atoms. The van der Waals surface area contributed by atoms with Crippen molar-refractivity contribution in [1.29, 1.82) is 0 Å². The highest BCUT2D eigenvalue weighted by atomic mass is 16.1. The van der Waals surface area contributed by atoms with E-state index in [4.69, 9.17) is 11.5 Å². The standard InChI is InChI=1S/C14H23N5O/c1-2-3-11-13(16)17-9-18-14(11)19-6-4-10(5-7-19)8-12(15)20/h9-10H,2-8H2,1H3,(H2,15,20)(H2,16,17,18). The molecule has 1 fully saturated rings. The molecular weight excluding hydrogens is 254 g/mol. The Morgan fingerprint density at radius 1 is 1.40 bits per heavy atom. The Balaban J connectivity index is 2.07. The molecule has 1 saturated heterocycles. The Kier molecular flexibility index (Phi) is 4.76. The molecule has 1 aromatic heterocycles. The van der Waals surface area contributed by atoms with Crippen LogP contribution in [0.2, 0.25) is 0 Å². The van der Waals surface area contributed by atoms with Gasteiger partial charge in [0.1, 0.15) is 18.0 Å². The molecule has 0 saturated carbocycles. The third kappa shape index (κ3) is 3.37. The summed E-state index contributed by atoms with van der Waals surface area (Å²) in [5.41, 5.74) is 12.3. The Morgan fingerprint density at radius 3 is 2.70 bits per heavy atom. The molecule has 0 atom stereocenters. The summed E-state index contributed by atoms with van der Waals surface area (Å²) in [4.78, 5) is 21.7. The zero-order chi connectivity index (χ0) is 14.5. The fraction of sp³-hybridized carbons (Fsp3) is 0.643. The van der Waals surface area contributed by atoms with Gasteiger partial charge in [0, 0.05) is 25.1 Å². The number of nitrogens with zero attached hydrogens (tertiary/aromatic N) is 3. The lowest BCUT2D eigenvalue weighted by molar-refractivity contribution is -0.119. The van der Waals surface area contributed by atoms with Gasteiger partial charge in [-0.25, -0.2) is 9.97 Å². The Morgan fingerprint density at radius 2 is 2.10 bits per heavy atom. The Hall–Kier alpha value is -1.85. The second kappa shape index (κ2) is 6.54. The molecule has 110 valence electrons. The van der Waals surface area contributed by atoms with Crippen molar-refractivity contribution >= 4 is 17.5 Å². The number of nitrogen functional groups attached to an aromatic ring is 1. The number of nitrogens with two attached hydrogens (primary N) is 2. The van der Waals surface area contributed by atoms with Gasteiger partial charge < -0.3 is 16.4 Å². The first-order valence-corrected chi connectivity index (χ1v) is 7.24. The lowest BCUT2D eigenvalue weighted by Crippen LogP contribution is -2.36. The van der Waals surface area contributed by atoms with E-state index in [0.29, 0.717) is 18.2 Å². The van der Waals surface area contributed by atoms with E-state index in [-0.39, 0.29) is 5.91 Å². The zero-order valence-electron chi connectivity index (χ0n) is 12.0. The van der Waals surface area contributed by atoms with Gasteiger partial charge in [-0.3, -0.25) is 4.79 Å². The van der Waals surface area contributed by atoms with E-state index in [1.807, 2.05) is 0 Å². The van der Waals surface area contributed by atoms with Gasteiger partial charge in [-0.05, 0) is 25.2 Å². The first-order valence-electron chi connectivity index (χ1n) is 7.24. The normalized spacial score (nSPS) is 16.4. The minimum absolute atomic E-state index is 0.207. The fourth-order valence-corrected chi connectivity index (χ4v) is 2.81. The first-order chi connectivity index (χ1) is 9.61. The largest absolute Gasteiger partial charge is 0.383 e. The molecule has 1 aliphatic rings. The van der Waals surface area contributed by atoms with Crippen LogP contribution in [0.4, 0.5) is 11.6 Å². The van der Waals surface area contributed by atoms with Gasteiger partial charge in [0.25, 0.3) is 0 Å². The molecule has 0 unspecified atom stereocenters. The summed E-state index contributed by atoms with van der Waals surface area (Å²) in [5, 5.41) is 0. The van der Waals surface area contributed by atoms with Crippen LogP contribution >= 0.6 is 0 Å². The predicted octanol–water partition coefficient (Wildman–Crippen LogP) is 1.10. The lowest BCUT2D eigenvalue weighted by Gasteiger charge is -2.33. The van der Waals surface area contributed by atoms with Crippen molar-refractivity contribution in [3.05, 3.63) is 11.9 Å². The van der Waals surface area contributed by atoms with Crippen LogP contribution in [0, 0.1) is 5.92 Å². The molecule has 6 heteroatoms. The number of aromatic nitrogens is 2. The minimum atomic E-state index is -0.207. The maximum absolute atomic E-state index is 11.0. The molecule has 1 aromatic rings. The quantitative estimate of drug-likeness (QED) is 0.840. The molecule has 2 heterocycles. The van der Waals surface area contributed by atoms with Gasteiger partial charge in [0.2, 0.25) is 5.91 Å².